The van der Waals surface area contributed by atoms with Gasteiger partial charge in [-0.1, -0.05) is 0 Å². The van der Waals surface area contributed by atoms with Gasteiger partial charge in [0.2, 0.25) is 5.95 Å². The van der Waals surface area contributed by atoms with Crippen molar-refractivity contribution in [3.05, 3.63) is 11.8 Å². The van der Waals surface area contributed by atoms with Crippen molar-refractivity contribution in [3.8, 4) is 0 Å². The summed E-state index contributed by atoms with van der Waals surface area (Å²) >= 11 is 0. The van der Waals surface area contributed by atoms with Crippen molar-refractivity contribution in [1.82, 2.24) is 9.97 Å². The lowest BCUT2D eigenvalue weighted by atomic mass is 9.95. The van der Waals surface area contributed by atoms with Crippen LogP contribution in [-0.4, -0.2) is 34.8 Å². The van der Waals surface area contributed by atoms with Gasteiger partial charge in [-0.15, -0.1) is 0 Å². The number of anilines is 2. The van der Waals surface area contributed by atoms with Gasteiger partial charge >= 0.3 is 0 Å². The maximum Gasteiger partial charge on any atom is 0.239 e. The molecule has 0 aromatic carbocycles. The standard InChI is InChI=1S/C12H21N5O/c1-9-7-11(15-12(14-9)16-13)17-5-2-3-10(8-17)4-6-18/h7,10,18H,2-6,8,13H2,1H3,(H,14,15,16). The number of nitrogens with one attached hydrogen (secondary N) is 1. The molecular formula is C12H21N5O. The molecule has 1 aliphatic rings. The van der Waals surface area contributed by atoms with Crippen LogP contribution in [0.3, 0.4) is 0 Å². The number of nitrogens with two attached hydrogens (primary N) is 1. The predicted octanol–water partition coefficient (Wildman–Crippen LogP) is 0.669. The average Bonchev–Trinajstić information content (AvgIpc) is 2.39. The molecular weight excluding hydrogens is 230 g/mol. The van der Waals surface area contributed by atoms with Gasteiger partial charge in [-0.25, -0.2) is 10.8 Å². The first kappa shape index (κ1) is 13.0. The van der Waals surface area contributed by atoms with Gasteiger partial charge in [0.1, 0.15) is 5.82 Å². The number of nitrogen functional groups attached to an aromatic ring is 1. The Kier molecular flexibility index (Phi) is 4.33. The molecule has 0 saturated carbocycles. The molecule has 4 N–H and O–H groups in total. The van der Waals surface area contributed by atoms with Crippen LogP contribution in [-0.2, 0) is 0 Å². The first-order valence-corrected chi connectivity index (χ1v) is 6.41. The molecule has 1 aromatic rings. The normalized spacial score (nSPS) is 19.9. The van der Waals surface area contributed by atoms with Crippen LogP contribution in [0.2, 0.25) is 0 Å². The number of rotatable bonds is 4. The number of aryl methyl sites for hydroxylation is 1. The fourth-order valence-electron chi connectivity index (χ4n) is 2.47. The second-order valence-corrected chi connectivity index (χ2v) is 4.80. The van der Waals surface area contributed by atoms with Crippen LogP contribution < -0.4 is 16.2 Å². The van der Waals surface area contributed by atoms with E-state index in [0.29, 0.717) is 11.9 Å². The molecule has 1 fully saturated rings. The van der Waals surface area contributed by atoms with Crippen molar-refractivity contribution in [2.24, 2.45) is 11.8 Å². The predicted molar refractivity (Wildman–Crippen MR) is 71.2 cm³/mol. The number of aromatic nitrogens is 2. The summed E-state index contributed by atoms with van der Waals surface area (Å²) in [6.07, 6.45) is 3.19. The molecule has 1 unspecified atom stereocenters. The summed E-state index contributed by atoms with van der Waals surface area (Å²) < 4.78 is 0. The van der Waals surface area contributed by atoms with E-state index in [-0.39, 0.29) is 6.61 Å². The van der Waals surface area contributed by atoms with Gasteiger partial charge in [0, 0.05) is 31.5 Å². The van der Waals surface area contributed by atoms with Crippen LogP contribution in [0.4, 0.5) is 11.8 Å². The summed E-state index contributed by atoms with van der Waals surface area (Å²) in [6, 6.07) is 1.97. The van der Waals surface area contributed by atoms with Crippen LogP contribution in [0.1, 0.15) is 25.0 Å². The fraction of sp³-hybridized carbons (Fsp3) is 0.667. The van der Waals surface area contributed by atoms with E-state index in [9.17, 15) is 0 Å². The topological polar surface area (TPSA) is 87.3 Å². The highest BCUT2D eigenvalue weighted by molar-refractivity contribution is 5.44. The van der Waals surface area contributed by atoms with Crippen molar-refractivity contribution in [2.45, 2.75) is 26.2 Å². The van der Waals surface area contributed by atoms with Gasteiger partial charge in [-0.3, -0.25) is 5.43 Å². The molecule has 1 aromatic heterocycles. The molecule has 0 radical (unpaired) electrons. The Bertz CT molecular complexity index is 396. The number of nitrogens with zero attached hydrogens (tertiary/aromatic N) is 3. The minimum absolute atomic E-state index is 0.261. The fourth-order valence-corrected chi connectivity index (χ4v) is 2.47. The van der Waals surface area contributed by atoms with Crippen LogP contribution in [0.5, 0.6) is 0 Å². The number of piperidine rings is 1. The molecule has 1 saturated heterocycles. The first-order chi connectivity index (χ1) is 8.72. The molecule has 2 rings (SSSR count). The average molecular weight is 251 g/mol. The van der Waals surface area contributed by atoms with E-state index in [1.165, 1.54) is 6.42 Å². The maximum atomic E-state index is 9.03. The van der Waals surface area contributed by atoms with Gasteiger partial charge < -0.3 is 10.0 Å². The first-order valence-electron chi connectivity index (χ1n) is 6.41. The molecule has 2 heterocycles. The van der Waals surface area contributed by atoms with E-state index < -0.39 is 0 Å². The zero-order chi connectivity index (χ0) is 13.0. The third-order valence-corrected chi connectivity index (χ3v) is 3.35. The highest BCUT2D eigenvalue weighted by Crippen LogP contribution is 2.24. The van der Waals surface area contributed by atoms with E-state index in [1.54, 1.807) is 0 Å². The molecule has 0 aliphatic carbocycles. The second kappa shape index (κ2) is 5.97. The van der Waals surface area contributed by atoms with Crippen molar-refractivity contribution in [1.29, 1.82) is 0 Å². The molecule has 100 valence electrons. The summed E-state index contributed by atoms with van der Waals surface area (Å²) in [5.41, 5.74) is 3.39. The quantitative estimate of drug-likeness (QED) is 0.538. The summed E-state index contributed by atoms with van der Waals surface area (Å²) in [5.74, 6) is 7.28. The summed E-state index contributed by atoms with van der Waals surface area (Å²) in [5, 5.41) is 9.03. The third kappa shape index (κ3) is 3.08. The molecule has 0 spiro atoms. The number of hydrazine groups is 1. The van der Waals surface area contributed by atoms with E-state index in [2.05, 4.69) is 20.3 Å². The van der Waals surface area contributed by atoms with Crippen molar-refractivity contribution < 1.29 is 5.11 Å². The van der Waals surface area contributed by atoms with Crippen molar-refractivity contribution in [3.63, 3.8) is 0 Å². The minimum atomic E-state index is 0.261. The second-order valence-electron chi connectivity index (χ2n) is 4.80. The van der Waals surface area contributed by atoms with Crippen LogP contribution >= 0.6 is 0 Å². The lowest BCUT2D eigenvalue weighted by Gasteiger charge is -2.33. The van der Waals surface area contributed by atoms with E-state index in [1.807, 2.05) is 13.0 Å². The lowest BCUT2D eigenvalue weighted by Crippen LogP contribution is -2.36. The highest BCUT2D eigenvalue weighted by Gasteiger charge is 2.21. The Hall–Kier alpha value is -1.40. The Morgan fingerprint density at radius 2 is 2.39 bits per heavy atom. The molecule has 1 aliphatic heterocycles. The Morgan fingerprint density at radius 1 is 1.56 bits per heavy atom. The van der Waals surface area contributed by atoms with Gasteiger partial charge in [-0.05, 0) is 32.1 Å². The maximum absolute atomic E-state index is 9.03. The number of hydrogen-bond acceptors (Lipinski definition) is 6. The Balaban J connectivity index is 2.12. The smallest absolute Gasteiger partial charge is 0.239 e. The number of aliphatic hydroxyl groups excluding tert-OH is 1. The van der Waals surface area contributed by atoms with Gasteiger partial charge in [0.15, 0.2) is 0 Å². The highest BCUT2D eigenvalue weighted by atomic mass is 16.3. The molecule has 0 bridgehead atoms. The van der Waals surface area contributed by atoms with Crippen LogP contribution in [0.15, 0.2) is 6.07 Å². The lowest BCUT2D eigenvalue weighted by molar-refractivity contribution is 0.244. The van der Waals surface area contributed by atoms with E-state index in [0.717, 1.165) is 37.4 Å². The number of hydrogen-bond donors (Lipinski definition) is 3. The van der Waals surface area contributed by atoms with Crippen LogP contribution in [0.25, 0.3) is 0 Å². The SMILES string of the molecule is Cc1cc(N2CCCC(CCO)C2)nc(NN)n1. The van der Waals surface area contributed by atoms with E-state index >= 15 is 0 Å². The summed E-state index contributed by atoms with van der Waals surface area (Å²) in [6.45, 7) is 4.14. The van der Waals surface area contributed by atoms with Gasteiger partial charge in [-0.2, -0.15) is 4.98 Å². The molecule has 0 amide bonds. The summed E-state index contributed by atoms with van der Waals surface area (Å²) in [7, 11) is 0. The van der Waals surface area contributed by atoms with Crippen LogP contribution in [0, 0.1) is 12.8 Å². The molecule has 18 heavy (non-hydrogen) atoms. The molecule has 6 heteroatoms. The van der Waals surface area contributed by atoms with Gasteiger partial charge in [0.25, 0.3) is 0 Å². The molecule has 1 atom stereocenters. The largest absolute Gasteiger partial charge is 0.396 e. The summed E-state index contributed by atoms with van der Waals surface area (Å²) in [4.78, 5) is 10.8. The van der Waals surface area contributed by atoms with E-state index in [4.69, 9.17) is 10.9 Å². The number of aliphatic hydroxyl groups is 1. The third-order valence-electron chi connectivity index (χ3n) is 3.35. The van der Waals surface area contributed by atoms with Crippen molar-refractivity contribution in [2.75, 3.05) is 30.0 Å². The zero-order valence-corrected chi connectivity index (χ0v) is 10.8. The Labute approximate surface area is 107 Å². The minimum Gasteiger partial charge on any atom is -0.396 e. The monoisotopic (exact) mass is 251 g/mol. The van der Waals surface area contributed by atoms with Crippen molar-refractivity contribution >= 4 is 11.8 Å². The Morgan fingerprint density at radius 3 is 3.11 bits per heavy atom. The zero-order valence-electron chi connectivity index (χ0n) is 10.8. The van der Waals surface area contributed by atoms with Gasteiger partial charge in [0.05, 0.1) is 0 Å². The molecule has 6 nitrogen and oxygen atoms in total.